The number of amides is 2. The molecule has 2 aromatic rings. The molecule has 3 saturated heterocycles. The number of furan rings is 1. The van der Waals surface area contributed by atoms with Crippen molar-refractivity contribution in [3.63, 3.8) is 0 Å². The van der Waals surface area contributed by atoms with Gasteiger partial charge >= 0.3 is 6.09 Å². The molecule has 0 unspecified atom stereocenters. The third kappa shape index (κ3) is 5.63. The molecule has 11 heteroatoms. The van der Waals surface area contributed by atoms with E-state index in [-0.39, 0.29) is 24.8 Å². The smallest absolute Gasteiger partial charge is 0.414 e. The Hall–Kier alpha value is -3.15. The second-order valence-corrected chi connectivity index (χ2v) is 9.18. The largest absolute Gasteiger partial charge is 0.459 e. The van der Waals surface area contributed by atoms with E-state index in [2.05, 4.69) is 10.2 Å². The molecule has 36 heavy (non-hydrogen) atoms. The molecule has 3 fully saturated rings. The van der Waals surface area contributed by atoms with Crippen LogP contribution in [-0.4, -0.2) is 75.5 Å². The van der Waals surface area contributed by atoms with Crippen molar-refractivity contribution in [3.05, 3.63) is 47.7 Å². The standard InChI is InChI=1S/C25H31FN4O6/c1-17(31)27-14-20-16-30(25(32)36-20)18-3-5-22(21(26)13-18)29-9-7-28(8-10-29)15-19-4-6-23(35-19)24-33-11-2-12-34-24/h3-6,13,20,24H,2,7-12,14-16H2,1H3,(H,27,31)/t20-/m0/s1. The van der Waals surface area contributed by atoms with E-state index in [0.29, 0.717) is 50.0 Å². The Morgan fingerprint density at radius 1 is 1.11 bits per heavy atom. The lowest BCUT2D eigenvalue weighted by Gasteiger charge is -2.36. The summed E-state index contributed by atoms with van der Waals surface area (Å²) in [4.78, 5) is 29.0. The van der Waals surface area contributed by atoms with Crippen LogP contribution in [0.25, 0.3) is 0 Å². The van der Waals surface area contributed by atoms with Crippen LogP contribution in [-0.2, 0) is 25.5 Å². The maximum Gasteiger partial charge on any atom is 0.414 e. The van der Waals surface area contributed by atoms with Crippen LogP contribution >= 0.6 is 0 Å². The fraction of sp³-hybridized carbons (Fsp3) is 0.520. The minimum absolute atomic E-state index is 0.197. The van der Waals surface area contributed by atoms with Crippen LogP contribution in [0.15, 0.2) is 34.7 Å². The molecule has 0 aliphatic carbocycles. The number of ether oxygens (including phenoxy) is 3. The number of rotatable bonds is 7. The average molecular weight is 503 g/mol. The number of carbonyl (C=O) groups is 2. The number of benzene rings is 1. The maximum absolute atomic E-state index is 15.1. The summed E-state index contributed by atoms with van der Waals surface area (Å²) in [6.07, 6.45) is -0.553. The van der Waals surface area contributed by atoms with Crippen LogP contribution in [0.5, 0.6) is 0 Å². The summed E-state index contributed by atoms with van der Waals surface area (Å²) in [6.45, 7) is 6.74. The topological polar surface area (TPSA) is 96.7 Å². The second-order valence-electron chi connectivity index (χ2n) is 9.18. The summed E-state index contributed by atoms with van der Waals surface area (Å²) in [6, 6.07) is 8.65. The molecule has 194 valence electrons. The molecule has 0 saturated carbocycles. The summed E-state index contributed by atoms with van der Waals surface area (Å²) in [5, 5.41) is 2.63. The number of piperazine rings is 1. The Labute approximate surface area is 208 Å². The van der Waals surface area contributed by atoms with E-state index in [0.717, 1.165) is 25.3 Å². The van der Waals surface area contributed by atoms with Gasteiger partial charge in [0.15, 0.2) is 5.76 Å². The van der Waals surface area contributed by atoms with Crippen LogP contribution in [0, 0.1) is 5.82 Å². The fourth-order valence-electron chi connectivity index (χ4n) is 4.64. The molecule has 0 bridgehead atoms. The normalized spacial score (nSPS) is 21.6. The molecule has 3 aliphatic rings. The zero-order valence-corrected chi connectivity index (χ0v) is 20.3. The van der Waals surface area contributed by atoms with Gasteiger partial charge in [0, 0.05) is 33.1 Å². The number of halogens is 1. The SMILES string of the molecule is CC(=O)NC[C@H]1CN(c2ccc(N3CCN(Cc4ccc(C5OCCCO5)o4)CC3)c(F)c2)C(=O)O1. The van der Waals surface area contributed by atoms with Crippen LogP contribution in [0.1, 0.15) is 31.2 Å². The molecule has 1 aromatic carbocycles. The van der Waals surface area contributed by atoms with Gasteiger partial charge in [-0.1, -0.05) is 0 Å². The summed E-state index contributed by atoms with van der Waals surface area (Å²) in [5.41, 5.74) is 0.942. The first-order valence-corrected chi connectivity index (χ1v) is 12.3. The molecule has 0 radical (unpaired) electrons. The molecule has 4 heterocycles. The minimum atomic E-state index is -0.547. The predicted molar refractivity (Wildman–Crippen MR) is 128 cm³/mol. The highest BCUT2D eigenvalue weighted by Crippen LogP contribution is 2.29. The van der Waals surface area contributed by atoms with Gasteiger partial charge in [0.05, 0.1) is 44.2 Å². The van der Waals surface area contributed by atoms with E-state index >= 15 is 4.39 Å². The van der Waals surface area contributed by atoms with E-state index in [1.807, 2.05) is 17.0 Å². The van der Waals surface area contributed by atoms with E-state index in [4.69, 9.17) is 18.6 Å². The minimum Gasteiger partial charge on any atom is -0.459 e. The molecular formula is C25H31FN4O6. The molecule has 1 aromatic heterocycles. The highest BCUT2D eigenvalue weighted by atomic mass is 19.1. The average Bonchev–Trinajstić information content (AvgIpc) is 3.50. The quantitative estimate of drug-likeness (QED) is 0.618. The van der Waals surface area contributed by atoms with E-state index in [9.17, 15) is 9.59 Å². The van der Waals surface area contributed by atoms with Crippen molar-refractivity contribution < 1.29 is 32.6 Å². The van der Waals surface area contributed by atoms with Crippen LogP contribution in [0.4, 0.5) is 20.6 Å². The van der Waals surface area contributed by atoms with Gasteiger partial charge in [-0.05, 0) is 36.8 Å². The number of cyclic esters (lactones) is 1. The van der Waals surface area contributed by atoms with Crippen molar-refractivity contribution in [2.24, 2.45) is 0 Å². The van der Waals surface area contributed by atoms with Gasteiger partial charge in [-0.25, -0.2) is 9.18 Å². The Bertz CT molecular complexity index is 1080. The predicted octanol–water partition coefficient (Wildman–Crippen LogP) is 2.64. The van der Waals surface area contributed by atoms with Crippen molar-refractivity contribution in [2.45, 2.75) is 32.3 Å². The first kappa shape index (κ1) is 24.5. The molecule has 1 atom stereocenters. The Morgan fingerprint density at radius 3 is 2.61 bits per heavy atom. The molecule has 0 spiro atoms. The molecule has 5 rings (SSSR count). The van der Waals surface area contributed by atoms with Gasteiger partial charge in [0.1, 0.15) is 17.7 Å². The van der Waals surface area contributed by atoms with Crippen molar-refractivity contribution in [3.8, 4) is 0 Å². The Balaban J connectivity index is 1.14. The summed E-state index contributed by atoms with van der Waals surface area (Å²) < 4.78 is 37.5. The third-order valence-corrected chi connectivity index (χ3v) is 6.53. The Morgan fingerprint density at radius 2 is 1.89 bits per heavy atom. The van der Waals surface area contributed by atoms with Gasteiger partial charge in [-0.15, -0.1) is 0 Å². The summed E-state index contributed by atoms with van der Waals surface area (Å²) >= 11 is 0. The van der Waals surface area contributed by atoms with Crippen molar-refractivity contribution >= 4 is 23.4 Å². The molecule has 3 aliphatic heterocycles. The second kappa shape index (κ2) is 10.9. The molecular weight excluding hydrogens is 471 g/mol. The van der Waals surface area contributed by atoms with Crippen molar-refractivity contribution in [1.82, 2.24) is 10.2 Å². The molecule has 1 N–H and O–H groups in total. The van der Waals surface area contributed by atoms with E-state index in [1.54, 1.807) is 12.1 Å². The van der Waals surface area contributed by atoms with E-state index < -0.39 is 18.5 Å². The number of nitrogens with zero attached hydrogens (tertiary/aromatic N) is 3. The molecule has 10 nitrogen and oxygen atoms in total. The number of hydrogen-bond donors (Lipinski definition) is 1. The maximum atomic E-state index is 15.1. The lowest BCUT2D eigenvalue weighted by molar-refractivity contribution is -0.192. The fourth-order valence-corrected chi connectivity index (χ4v) is 4.64. The summed E-state index contributed by atoms with van der Waals surface area (Å²) in [5.74, 6) is 0.953. The van der Waals surface area contributed by atoms with Crippen LogP contribution < -0.4 is 15.1 Å². The van der Waals surface area contributed by atoms with Gasteiger partial charge in [-0.3, -0.25) is 14.6 Å². The first-order valence-electron chi connectivity index (χ1n) is 12.3. The third-order valence-electron chi connectivity index (χ3n) is 6.53. The zero-order chi connectivity index (χ0) is 25.1. The van der Waals surface area contributed by atoms with Crippen LogP contribution in [0.2, 0.25) is 0 Å². The highest BCUT2D eigenvalue weighted by molar-refractivity contribution is 5.90. The number of carbonyl (C=O) groups excluding carboxylic acids is 2. The number of nitrogens with one attached hydrogen (secondary N) is 1. The molecule has 2 amide bonds. The van der Waals surface area contributed by atoms with E-state index in [1.165, 1.54) is 17.9 Å². The van der Waals surface area contributed by atoms with Crippen molar-refractivity contribution in [1.29, 1.82) is 0 Å². The first-order chi connectivity index (χ1) is 17.5. The lowest BCUT2D eigenvalue weighted by atomic mass is 10.2. The number of hydrogen-bond acceptors (Lipinski definition) is 8. The van der Waals surface area contributed by atoms with Crippen LogP contribution in [0.3, 0.4) is 0 Å². The number of anilines is 2. The zero-order valence-electron chi connectivity index (χ0n) is 20.3. The van der Waals surface area contributed by atoms with Gasteiger partial charge in [-0.2, -0.15) is 0 Å². The Kier molecular flexibility index (Phi) is 7.40. The highest BCUT2D eigenvalue weighted by Gasteiger charge is 2.33. The van der Waals surface area contributed by atoms with Gasteiger partial charge < -0.3 is 28.8 Å². The van der Waals surface area contributed by atoms with Gasteiger partial charge in [0.25, 0.3) is 0 Å². The monoisotopic (exact) mass is 502 g/mol. The van der Waals surface area contributed by atoms with Gasteiger partial charge in [0.2, 0.25) is 12.2 Å². The van der Waals surface area contributed by atoms with Crippen molar-refractivity contribution in [2.75, 3.05) is 62.3 Å². The summed E-state index contributed by atoms with van der Waals surface area (Å²) in [7, 11) is 0. The lowest BCUT2D eigenvalue weighted by Crippen LogP contribution is -2.46.